The topological polar surface area (TPSA) is 45.5 Å². The van der Waals surface area contributed by atoms with Gasteiger partial charge in [-0.3, -0.25) is 9.69 Å². The molecule has 3 aromatic rings. The summed E-state index contributed by atoms with van der Waals surface area (Å²) in [6.07, 6.45) is -0.777. The largest absolute Gasteiger partial charge is 0.481 e. The van der Waals surface area contributed by atoms with Crippen LogP contribution in [-0.4, -0.2) is 33.6 Å². The van der Waals surface area contributed by atoms with E-state index in [1.807, 2.05) is 10.6 Å². The van der Waals surface area contributed by atoms with Crippen molar-refractivity contribution in [3.63, 3.8) is 0 Å². The maximum Gasteiger partial charge on any atom is 0.416 e. The molecule has 0 unspecified atom stereocenters. The summed E-state index contributed by atoms with van der Waals surface area (Å²) in [4.78, 5) is 13.2. The molecule has 2 heterocycles. The van der Waals surface area contributed by atoms with Crippen LogP contribution >= 0.6 is 23.2 Å². The lowest BCUT2D eigenvalue weighted by Gasteiger charge is -2.31. The first kappa shape index (κ1) is 24.9. The van der Waals surface area contributed by atoms with Crippen LogP contribution in [0.1, 0.15) is 41.5 Å². The Morgan fingerprint density at radius 2 is 1.82 bits per heavy atom. The molecule has 2 aromatic carbocycles. The summed E-state index contributed by atoms with van der Waals surface area (Å²) in [5, 5.41) is 10.6. The molecule has 1 aromatic heterocycles. The van der Waals surface area contributed by atoms with E-state index in [1.54, 1.807) is 25.3 Å². The lowest BCUT2D eigenvalue weighted by atomic mass is 9.93. The number of piperidine rings is 1. The Kier molecular flexibility index (Phi) is 7.17. The van der Waals surface area contributed by atoms with Gasteiger partial charge in [-0.15, -0.1) is 0 Å². The van der Waals surface area contributed by atoms with Crippen molar-refractivity contribution in [2.24, 2.45) is 5.92 Å². The molecule has 1 fully saturated rings. The standard InChI is InChI=1S/C25H25Cl2F3N2O2/c1-15-10-19(25(28,29)30)12-17-6-9-32(24(15)17)14-20-21(26)3-2-18(23(20)27)13-31-7-4-16(5-8-31)11-22(33)34/h2-3,6,9-10,12,16H,4-5,7-8,11,13-14H2,1H3,(H,33,34). The van der Waals surface area contributed by atoms with Crippen molar-refractivity contribution in [3.05, 3.63) is 68.8 Å². The minimum absolute atomic E-state index is 0.202. The van der Waals surface area contributed by atoms with Gasteiger partial charge < -0.3 is 9.67 Å². The number of nitrogens with zero attached hydrogens (tertiary/aromatic N) is 2. The molecule has 1 N–H and O–H groups in total. The third-order valence-corrected chi connectivity index (χ3v) is 7.36. The van der Waals surface area contributed by atoms with Crippen LogP contribution in [0.5, 0.6) is 0 Å². The molecule has 0 radical (unpaired) electrons. The highest BCUT2D eigenvalue weighted by Gasteiger charge is 2.31. The molecule has 34 heavy (non-hydrogen) atoms. The summed E-state index contributed by atoms with van der Waals surface area (Å²) < 4.78 is 41.5. The molecule has 1 saturated heterocycles. The van der Waals surface area contributed by atoms with Gasteiger partial charge in [-0.25, -0.2) is 0 Å². The molecule has 4 nitrogen and oxygen atoms in total. The molecule has 1 aliphatic rings. The van der Waals surface area contributed by atoms with Crippen LogP contribution < -0.4 is 0 Å². The third-order valence-electron chi connectivity index (χ3n) is 6.54. The van der Waals surface area contributed by atoms with Gasteiger partial charge in [0.05, 0.1) is 22.6 Å². The predicted octanol–water partition coefficient (Wildman–Crippen LogP) is 7.01. The smallest absolute Gasteiger partial charge is 0.416 e. The van der Waals surface area contributed by atoms with E-state index in [-0.39, 0.29) is 12.3 Å². The second-order valence-corrected chi connectivity index (χ2v) is 9.77. The highest BCUT2D eigenvalue weighted by molar-refractivity contribution is 6.36. The van der Waals surface area contributed by atoms with Crippen molar-refractivity contribution in [1.29, 1.82) is 0 Å². The number of likely N-dealkylation sites (tertiary alicyclic amines) is 1. The predicted molar refractivity (Wildman–Crippen MR) is 127 cm³/mol. The van der Waals surface area contributed by atoms with Gasteiger partial charge in [-0.1, -0.05) is 29.3 Å². The number of fused-ring (bicyclic) bond motifs is 1. The zero-order valence-corrected chi connectivity index (χ0v) is 20.1. The zero-order valence-electron chi connectivity index (χ0n) is 18.6. The van der Waals surface area contributed by atoms with Gasteiger partial charge in [0.1, 0.15) is 0 Å². The fourth-order valence-electron chi connectivity index (χ4n) is 4.79. The van der Waals surface area contributed by atoms with Gasteiger partial charge in [0.2, 0.25) is 0 Å². The molecular weight excluding hydrogens is 488 g/mol. The summed E-state index contributed by atoms with van der Waals surface area (Å²) >= 11 is 13.3. The van der Waals surface area contributed by atoms with Crippen molar-refractivity contribution in [2.45, 2.75) is 45.5 Å². The minimum atomic E-state index is -4.40. The molecule has 9 heteroatoms. The van der Waals surface area contributed by atoms with E-state index < -0.39 is 17.7 Å². The number of carboxylic acids is 1. The molecule has 0 aliphatic carbocycles. The Labute approximate surface area is 205 Å². The Morgan fingerprint density at radius 3 is 2.47 bits per heavy atom. The number of aliphatic carboxylic acids is 1. The van der Waals surface area contributed by atoms with Gasteiger partial charge >= 0.3 is 12.1 Å². The van der Waals surface area contributed by atoms with E-state index in [4.69, 9.17) is 28.3 Å². The van der Waals surface area contributed by atoms with Crippen LogP contribution in [0.2, 0.25) is 10.0 Å². The van der Waals surface area contributed by atoms with E-state index in [0.29, 0.717) is 39.6 Å². The lowest BCUT2D eigenvalue weighted by Crippen LogP contribution is -2.34. The second-order valence-electron chi connectivity index (χ2n) is 8.99. The Morgan fingerprint density at radius 1 is 1.12 bits per heavy atom. The summed E-state index contributed by atoms with van der Waals surface area (Å²) in [6, 6.07) is 7.69. The minimum Gasteiger partial charge on any atom is -0.481 e. The number of rotatable bonds is 6. The van der Waals surface area contributed by atoms with Crippen LogP contribution in [0, 0.1) is 12.8 Å². The Balaban J connectivity index is 1.55. The lowest BCUT2D eigenvalue weighted by molar-refractivity contribution is -0.139. The van der Waals surface area contributed by atoms with Gasteiger partial charge in [0.25, 0.3) is 0 Å². The summed E-state index contributed by atoms with van der Waals surface area (Å²) in [6.45, 7) is 4.23. The molecule has 4 rings (SSSR count). The van der Waals surface area contributed by atoms with E-state index in [2.05, 4.69) is 4.90 Å². The van der Waals surface area contributed by atoms with Crippen LogP contribution in [0.25, 0.3) is 10.9 Å². The second kappa shape index (κ2) is 9.80. The van der Waals surface area contributed by atoms with E-state index in [9.17, 15) is 18.0 Å². The van der Waals surface area contributed by atoms with Gasteiger partial charge in [0, 0.05) is 35.1 Å². The fraction of sp³-hybridized carbons (Fsp3) is 0.400. The van der Waals surface area contributed by atoms with Gasteiger partial charge in [-0.2, -0.15) is 13.2 Å². The number of hydrogen-bond acceptors (Lipinski definition) is 2. The first-order valence-corrected chi connectivity index (χ1v) is 11.8. The Hall–Kier alpha value is -2.22. The SMILES string of the molecule is Cc1cc(C(F)(F)F)cc2ccn(Cc3c(Cl)ccc(CN4CCC(CC(=O)O)CC4)c3Cl)c12. The summed E-state index contributed by atoms with van der Waals surface area (Å²) in [7, 11) is 0. The average molecular weight is 513 g/mol. The number of benzene rings is 2. The maximum absolute atomic E-state index is 13.2. The van der Waals surface area contributed by atoms with Crippen molar-refractivity contribution in [2.75, 3.05) is 13.1 Å². The number of alkyl halides is 3. The highest BCUT2D eigenvalue weighted by Crippen LogP contribution is 2.35. The molecule has 182 valence electrons. The van der Waals surface area contributed by atoms with Crippen LogP contribution in [-0.2, 0) is 24.1 Å². The number of halogens is 5. The third kappa shape index (κ3) is 5.37. The van der Waals surface area contributed by atoms with E-state index in [0.717, 1.165) is 49.2 Å². The quantitative estimate of drug-likeness (QED) is 0.386. The van der Waals surface area contributed by atoms with Gasteiger partial charge in [0.15, 0.2) is 0 Å². The van der Waals surface area contributed by atoms with Crippen molar-refractivity contribution in [3.8, 4) is 0 Å². The van der Waals surface area contributed by atoms with Gasteiger partial charge in [-0.05, 0) is 74.2 Å². The fourth-order valence-corrected chi connectivity index (χ4v) is 5.34. The summed E-state index contributed by atoms with van der Waals surface area (Å²) in [5.41, 5.74) is 2.22. The Bertz CT molecular complexity index is 1220. The number of carbonyl (C=O) groups is 1. The number of carboxylic acid groups (broad SMARTS) is 1. The van der Waals surface area contributed by atoms with Crippen molar-refractivity contribution >= 4 is 40.1 Å². The zero-order chi connectivity index (χ0) is 24.6. The number of aryl methyl sites for hydroxylation is 1. The monoisotopic (exact) mass is 512 g/mol. The normalized spacial score (nSPS) is 15.8. The van der Waals surface area contributed by atoms with Crippen LogP contribution in [0.4, 0.5) is 13.2 Å². The first-order chi connectivity index (χ1) is 16.0. The average Bonchev–Trinajstić information content (AvgIpc) is 3.17. The van der Waals surface area contributed by atoms with Crippen LogP contribution in [0.15, 0.2) is 36.5 Å². The molecule has 0 bridgehead atoms. The highest BCUT2D eigenvalue weighted by atomic mass is 35.5. The molecule has 0 spiro atoms. The van der Waals surface area contributed by atoms with Crippen LogP contribution in [0.3, 0.4) is 0 Å². The van der Waals surface area contributed by atoms with Crippen molar-refractivity contribution in [1.82, 2.24) is 9.47 Å². The number of aromatic nitrogens is 1. The molecule has 0 atom stereocenters. The van der Waals surface area contributed by atoms with Crippen molar-refractivity contribution < 1.29 is 23.1 Å². The van der Waals surface area contributed by atoms with E-state index >= 15 is 0 Å². The molecular formula is C25H25Cl2F3N2O2. The van der Waals surface area contributed by atoms with E-state index in [1.165, 1.54) is 0 Å². The molecule has 0 amide bonds. The number of hydrogen-bond donors (Lipinski definition) is 1. The summed E-state index contributed by atoms with van der Waals surface area (Å²) in [5.74, 6) is -0.556. The maximum atomic E-state index is 13.2. The molecule has 1 aliphatic heterocycles. The molecule has 0 saturated carbocycles. The first-order valence-electron chi connectivity index (χ1n) is 11.1.